The quantitative estimate of drug-likeness (QED) is 0.794. The minimum Gasteiger partial charge on any atom is -0.390 e. The maximum absolute atomic E-state index is 5.52. The molecule has 0 radical (unpaired) electrons. The number of hydrogen-bond acceptors (Lipinski definition) is 4. The molecule has 15 heavy (non-hydrogen) atoms. The highest BCUT2D eigenvalue weighted by molar-refractivity contribution is 7.98. The molecule has 0 saturated heterocycles. The Morgan fingerprint density at radius 1 is 1.47 bits per heavy atom. The molecule has 1 aliphatic rings. The molecule has 80 valence electrons. The second-order valence-corrected chi connectivity index (χ2v) is 4.31. The molecule has 1 aromatic rings. The van der Waals surface area contributed by atoms with Crippen LogP contribution in [0.1, 0.15) is 12.0 Å². The summed E-state index contributed by atoms with van der Waals surface area (Å²) >= 11 is 1.73. The van der Waals surface area contributed by atoms with Crippen molar-refractivity contribution in [2.75, 3.05) is 12.8 Å². The number of nitrogens with zero attached hydrogens (tertiary/aromatic N) is 1. The first kappa shape index (κ1) is 10.5. The molecule has 0 spiro atoms. The van der Waals surface area contributed by atoms with Gasteiger partial charge in [0.25, 0.3) is 0 Å². The molecule has 0 aliphatic carbocycles. The summed E-state index contributed by atoms with van der Waals surface area (Å²) in [5.41, 5.74) is 7.64. The highest BCUT2D eigenvalue weighted by atomic mass is 32.2. The van der Waals surface area contributed by atoms with Crippen molar-refractivity contribution in [2.45, 2.75) is 17.4 Å². The molecule has 0 bridgehead atoms. The maximum Gasteiger partial charge on any atom is 0.145 e. The molecule has 0 amide bonds. The van der Waals surface area contributed by atoms with E-state index in [4.69, 9.17) is 10.6 Å². The minimum atomic E-state index is 0.0558. The van der Waals surface area contributed by atoms with Gasteiger partial charge in [-0.2, -0.15) is 0 Å². The number of rotatable bonds is 3. The molecule has 4 heteroatoms. The lowest BCUT2D eigenvalue weighted by Crippen LogP contribution is -2.20. The summed E-state index contributed by atoms with van der Waals surface area (Å²) in [6, 6.07) is 8.34. The van der Waals surface area contributed by atoms with Gasteiger partial charge in [-0.1, -0.05) is 17.3 Å². The summed E-state index contributed by atoms with van der Waals surface area (Å²) in [7, 11) is 0. The first-order chi connectivity index (χ1) is 7.33. The third kappa shape index (κ3) is 2.33. The molecule has 1 aromatic carbocycles. The van der Waals surface area contributed by atoms with Crippen LogP contribution in [0.4, 0.5) is 0 Å². The molecular weight excluding hydrogens is 208 g/mol. The summed E-state index contributed by atoms with van der Waals surface area (Å²) in [5.74, 6) is 0. The fourth-order valence-electron chi connectivity index (χ4n) is 1.51. The van der Waals surface area contributed by atoms with Crippen molar-refractivity contribution < 1.29 is 4.84 Å². The van der Waals surface area contributed by atoms with Gasteiger partial charge in [-0.05, 0) is 24.0 Å². The average molecular weight is 222 g/mol. The predicted octanol–water partition coefficient (Wildman–Crippen LogP) is 1.86. The summed E-state index contributed by atoms with van der Waals surface area (Å²) in [6.07, 6.45) is 2.94. The Hall–Kier alpha value is -1.00. The van der Waals surface area contributed by atoms with Crippen molar-refractivity contribution in [1.82, 2.24) is 0 Å². The van der Waals surface area contributed by atoms with Crippen molar-refractivity contribution >= 4 is 17.5 Å². The number of thioether (sulfide) groups is 1. The van der Waals surface area contributed by atoms with Gasteiger partial charge in [0.15, 0.2) is 0 Å². The van der Waals surface area contributed by atoms with Crippen molar-refractivity contribution in [3.63, 3.8) is 0 Å². The first-order valence-electron chi connectivity index (χ1n) is 4.90. The molecule has 0 aromatic heterocycles. The summed E-state index contributed by atoms with van der Waals surface area (Å²) in [6.45, 7) is 0.524. The van der Waals surface area contributed by atoms with Crippen LogP contribution in [-0.2, 0) is 4.84 Å². The van der Waals surface area contributed by atoms with Gasteiger partial charge < -0.3 is 10.6 Å². The fourth-order valence-corrected chi connectivity index (χ4v) is 1.92. The second-order valence-electron chi connectivity index (χ2n) is 3.43. The van der Waals surface area contributed by atoms with Crippen LogP contribution in [-0.4, -0.2) is 24.6 Å². The first-order valence-corrected chi connectivity index (χ1v) is 6.13. The Balaban J connectivity index is 2.10. The standard InChI is InChI=1S/C11H14N2OS/c1-15-10-4-2-8(3-5-10)11-6-9(7-12)14-13-11/h2-5,9H,6-7,12H2,1H3/t9-/m0/s1. The third-order valence-corrected chi connectivity index (χ3v) is 3.16. The summed E-state index contributed by atoms with van der Waals surface area (Å²) < 4.78 is 0. The zero-order chi connectivity index (χ0) is 10.7. The lowest BCUT2D eigenvalue weighted by atomic mass is 10.1. The number of oxime groups is 1. The Labute approximate surface area is 93.7 Å². The SMILES string of the molecule is CSc1ccc(C2=NO[C@H](CN)C2)cc1. The lowest BCUT2D eigenvalue weighted by molar-refractivity contribution is 0.0918. The normalized spacial score (nSPS) is 19.9. The van der Waals surface area contributed by atoms with E-state index in [-0.39, 0.29) is 6.10 Å². The van der Waals surface area contributed by atoms with Gasteiger partial charge in [0, 0.05) is 17.9 Å². The van der Waals surface area contributed by atoms with E-state index in [9.17, 15) is 0 Å². The highest BCUT2D eigenvalue weighted by Crippen LogP contribution is 2.19. The lowest BCUT2D eigenvalue weighted by Gasteiger charge is -2.02. The Morgan fingerprint density at radius 3 is 2.73 bits per heavy atom. The van der Waals surface area contributed by atoms with E-state index < -0.39 is 0 Å². The van der Waals surface area contributed by atoms with Crippen LogP contribution in [0, 0.1) is 0 Å². The largest absolute Gasteiger partial charge is 0.390 e. The molecule has 2 rings (SSSR count). The summed E-state index contributed by atoms with van der Waals surface area (Å²) in [5, 5.41) is 4.04. The van der Waals surface area contributed by atoms with E-state index in [1.165, 1.54) is 4.90 Å². The van der Waals surface area contributed by atoms with Crippen molar-refractivity contribution in [3.05, 3.63) is 29.8 Å². The molecule has 0 unspecified atom stereocenters. The van der Waals surface area contributed by atoms with E-state index in [2.05, 4.69) is 35.7 Å². The number of benzene rings is 1. The van der Waals surface area contributed by atoms with Crippen molar-refractivity contribution in [3.8, 4) is 0 Å². The monoisotopic (exact) mass is 222 g/mol. The Bertz CT molecular complexity index is 361. The molecule has 0 saturated carbocycles. The smallest absolute Gasteiger partial charge is 0.145 e. The van der Waals surface area contributed by atoms with Gasteiger partial charge >= 0.3 is 0 Å². The third-order valence-electron chi connectivity index (χ3n) is 2.42. The van der Waals surface area contributed by atoms with Gasteiger partial charge in [-0.3, -0.25) is 0 Å². The van der Waals surface area contributed by atoms with Gasteiger partial charge in [0.2, 0.25) is 0 Å². The zero-order valence-electron chi connectivity index (χ0n) is 8.64. The van der Waals surface area contributed by atoms with Crippen LogP contribution in [0.2, 0.25) is 0 Å². The van der Waals surface area contributed by atoms with Crippen molar-refractivity contribution in [2.24, 2.45) is 10.9 Å². The fraction of sp³-hybridized carbons (Fsp3) is 0.364. The zero-order valence-corrected chi connectivity index (χ0v) is 9.46. The molecule has 2 N–H and O–H groups in total. The minimum absolute atomic E-state index is 0.0558. The Morgan fingerprint density at radius 2 is 2.20 bits per heavy atom. The second kappa shape index (κ2) is 4.68. The molecule has 3 nitrogen and oxygen atoms in total. The molecule has 1 atom stereocenters. The highest BCUT2D eigenvalue weighted by Gasteiger charge is 2.20. The molecule has 1 heterocycles. The number of hydrogen-bond donors (Lipinski definition) is 1. The van der Waals surface area contributed by atoms with Crippen LogP contribution >= 0.6 is 11.8 Å². The summed E-state index contributed by atoms with van der Waals surface area (Å²) in [4.78, 5) is 6.44. The van der Waals surface area contributed by atoms with Crippen molar-refractivity contribution in [1.29, 1.82) is 0 Å². The topological polar surface area (TPSA) is 47.6 Å². The average Bonchev–Trinajstić information content (AvgIpc) is 2.78. The van der Waals surface area contributed by atoms with E-state index in [0.29, 0.717) is 6.54 Å². The van der Waals surface area contributed by atoms with E-state index in [1.54, 1.807) is 11.8 Å². The van der Waals surface area contributed by atoms with Crippen LogP contribution in [0.15, 0.2) is 34.3 Å². The predicted molar refractivity (Wildman–Crippen MR) is 63.3 cm³/mol. The maximum atomic E-state index is 5.52. The molecule has 0 fully saturated rings. The van der Waals surface area contributed by atoms with Crippen LogP contribution in [0.25, 0.3) is 0 Å². The van der Waals surface area contributed by atoms with E-state index >= 15 is 0 Å². The van der Waals surface area contributed by atoms with Gasteiger partial charge in [0.05, 0.1) is 5.71 Å². The van der Waals surface area contributed by atoms with Gasteiger partial charge in [0.1, 0.15) is 6.10 Å². The Kier molecular flexibility index (Phi) is 3.28. The van der Waals surface area contributed by atoms with Gasteiger partial charge in [-0.15, -0.1) is 11.8 Å². The van der Waals surface area contributed by atoms with E-state index in [1.807, 2.05) is 0 Å². The van der Waals surface area contributed by atoms with E-state index in [0.717, 1.165) is 17.7 Å². The van der Waals surface area contributed by atoms with Gasteiger partial charge in [-0.25, -0.2) is 0 Å². The van der Waals surface area contributed by atoms with Crippen LogP contribution in [0.3, 0.4) is 0 Å². The van der Waals surface area contributed by atoms with Crippen LogP contribution in [0.5, 0.6) is 0 Å². The molecular formula is C11H14N2OS. The molecule has 1 aliphatic heterocycles. The number of nitrogens with two attached hydrogens (primary N) is 1. The van der Waals surface area contributed by atoms with Crippen LogP contribution < -0.4 is 5.73 Å².